The minimum atomic E-state index is -0.468. The molecule has 0 spiro atoms. The first kappa shape index (κ1) is 10.3. The van der Waals surface area contributed by atoms with Crippen molar-refractivity contribution in [1.82, 2.24) is 0 Å². The third-order valence-electron chi connectivity index (χ3n) is 0.588. The van der Waals surface area contributed by atoms with Crippen molar-refractivity contribution in [3.63, 3.8) is 0 Å². The van der Waals surface area contributed by atoms with E-state index in [4.69, 9.17) is 29.8 Å². The first-order valence-corrected chi connectivity index (χ1v) is 4.46. The van der Waals surface area contributed by atoms with Gasteiger partial charge in [0.25, 0.3) is 0 Å². The molecule has 0 aromatic rings. The third-order valence-corrected chi connectivity index (χ3v) is 2.52. The van der Waals surface area contributed by atoms with Crippen molar-refractivity contribution >= 4 is 32.3 Å². The Kier molecular flexibility index (Phi) is 5.15. The molecular weight excluding hydrogens is 343 g/mol. The van der Waals surface area contributed by atoms with Crippen LogP contribution in [0.2, 0.25) is 0 Å². The van der Waals surface area contributed by atoms with E-state index in [9.17, 15) is 4.79 Å². The molecule has 4 heteroatoms. The summed E-state index contributed by atoms with van der Waals surface area (Å²) in [5.41, 5.74) is 0. The Morgan fingerprint density at radius 3 is 2.20 bits per heavy atom. The van der Waals surface area contributed by atoms with Crippen molar-refractivity contribution in [2.45, 2.75) is 0 Å². The molecule has 1 nitrogen and oxygen atoms in total. The summed E-state index contributed by atoms with van der Waals surface area (Å²) in [7, 11) is 0. The van der Waals surface area contributed by atoms with Gasteiger partial charge in [0, 0.05) is 0 Å². The molecule has 0 saturated carbocycles. The van der Waals surface area contributed by atoms with Crippen molar-refractivity contribution < 1.29 is 24.1 Å². The molecule has 0 atom stereocenters. The average molecular weight is 346 g/mol. The molecule has 10 heavy (non-hydrogen) atoms. The Morgan fingerprint density at radius 1 is 1.40 bits per heavy atom. The van der Waals surface area contributed by atoms with Crippen molar-refractivity contribution in [2.75, 3.05) is 0 Å². The molecule has 54 valence electrons. The number of rotatable bonds is 3. The summed E-state index contributed by atoms with van der Waals surface area (Å²) in [4.78, 5) is 10.4. The molecule has 0 fully saturated rings. The van der Waals surface area contributed by atoms with Gasteiger partial charge in [-0.25, -0.2) is 0 Å². The molecule has 0 aliphatic rings. The molecule has 0 N–H and O–H groups in total. The fraction of sp³-hybridized carbons (Fsp3) is 0. The zero-order valence-corrected chi connectivity index (χ0v) is 9.25. The number of carbonyl (C=O) groups excluding carboxylic acids is 1. The standard InChI is InChI=1S/C6H3Cl2O.W/c1-5(7)3-2-4-6(8)9;/h1-3H;/q-1;. The first-order valence-electron chi connectivity index (χ1n) is 2.24. The normalized spacial score (nSPS) is 9.80. The van der Waals surface area contributed by atoms with Crippen LogP contribution >= 0.6 is 23.2 Å². The van der Waals surface area contributed by atoms with Crippen LogP contribution in [0, 0.1) is 6.58 Å². The maximum atomic E-state index is 10.4. The molecule has 0 saturated heterocycles. The summed E-state index contributed by atoms with van der Waals surface area (Å²) < 4.78 is 0.491. The van der Waals surface area contributed by atoms with Gasteiger partial charge in [-0.2, -0.15) is 0 Å². The van der Waals surface area contributed by atoms with Crippen molar-refractivity contribution in [3.8, 4) is 0 Å². The van der Waals surface area contributed by atoms with Crippen molar-refractivity contribution in [1.29, 1.82) is 0 Å². The Labute approximate surface area is 80.1 Å². The van der Waals surface area contributed by atoms with Crippen LogP contribution in [0.15, 0.2) is 17.2 Å². The van der Waals surface area contributed by atoms with Crippen LogP contribution in [-0.2, 0) is 24.1 Å². The molecule has 0 heterocycles. The number of carbonyl (C=O) groups is 1. The molecule has 0 radical (unpaired) electrons. The van der Waals surface area contributed by atoms with Gasteiger partial charge in [0.15, 0.2) is 0 Å². The molecule has 0 aliphatic heterocycles. The summed E-state index contributed by atoms with van der Waals surface area (Å²) in [5, 5.41) is -0.333. The fourth-order valence-corrected chi connectivity index (χ4v) is 0.591. The van der Waals surface area contributed by atoms with E-state index in [0.29, 0.717) is 3.90 Å². The van der Waals surface area contributed by atoms with Crippen molar-refractivity contribution in [3.05, 3.63) is 23.8 Å². The number of allylic oxidation sites excluding steroid dienone is 3. The van der Waals surface area contributed by atoms with Gasteiger partial charge in [0.2, 0.25) is 0 Å². The molecule has 0 rings (SSSR count). The Morgan fingerprint density at radius 2 is 1.90 bits per heavy atom. The molecular formula is C6H3Cl2OW-. The molecule has 0 bridgehead atoms. The van der Waals surface area contributed by atoms with Gasteiger partial charge in [-0.15, -0.1) is 0 Å². The van der Waals surface area contributed by atoms with E-state index in [1.54, 1.807) is 0 Å². The quantitative estimate of drug-likeness (QED) is 0.431. The van der Waals surface area contributed by atoms with E-state index in [1.807, 2.05) is 0 Å². The van der Waals surface area contributed by atoms with Gasteiger partial charge in [0.1, 0.15) is 0 Å². The molecule has 0 aromatic heterocycles. The predicted molar refractivity (Wildman–Crippen MR) is 38.7 cm³/mol. The Bertz CT molecular complexity index is 208. The monoisotopic (exact) mass is 345 g/mol. The van der Waals surface area contributed by atoms with Crippen LogP contribution in [-0.4, -0.2) is 9.14 Å². The first-order chi connectivity index (χ1) is 4.54. The van der Waals surface area contributed by atoms with Crippen LogP contribution in [0.1, 0.15) is 0 Å². The summed E-state index contributed by atoms with van der Waals surface area (Å²) in [5.74, 6) is 0. The number of halogens is 2. The van der Waals surface area contributed by atoms with Gasteiger partial charge in [-0.05, 0) is 0 Å². The van der Waals surface area contributed by atoms with Crippen molar-refractivity contribution in [2.24, 2.45) is 0 Å². The number of hydrogen-bond donors (Lipinski definition) is 0. The Hall–Kier alpha value is 0.288. The van der Waals surface area contributed by atoms with E-state index >= 15 is 0 Å². The van der Waals surface area contributed by atoms with Crippen LogP contribution in [0.5, 0.6) is 0 Å². The third kappa shape index (κ3) is 5.10. The molecule has 0 unspecified atom stereocenters. The second-order valence-electron chi connectivity index (χ2n) is 1.36. The van der Waals surface area contributed by atoms with E-state index in [2.05, 4.69) is 0 Å². The van der Waals surface area contributed by atoms with Crippen LogP contribution in [0.3, 0.4) is 0 Å². The predicted octanol–water partition coefficient (Wildman–Crippen LogP) is 1.58. The SMILES string of the molecule is [CH-]=C(Cl)C=C[C](=[W])C(=O)Cl. The molecule has 0 aliphatic carbocycles. The molecule has 0 aromatic carbocycles. The average Bonchev–Trinajstić information content (AvgIpc) is 1.82. The van der Waals surface area contributed by atoms with Crippen LogP contribution in [0.4, 0.5) is 0 Å². The topological polar surface area (TPSA) is 17.1 Å². The summed E-state index contributed by atoms with van der Waals surface area (Å²) in [6, 6.07) is 0. The fourth-order valence-electron chi connectivity index (χ4n) is 0.221. The maximum absolute atomic E-state index is 10.4. The minimum absolute atomic E-state index is 0.136. The van der Waals surface area contributed by atoms with E-state index in [1.165, 1.54) is 12.2 Å². The summed E-state index contributed by atoms with van der Waals surface area (Å²) in [6.07, 6.45) is 2.91. The van der Waals surface area contributed by atoms with Gasteiger partial charge in [-0.1, -0.05) is 0 Å². The van der Waals surface area contributed by atoms with Gasteiger partial charge >= 0.3 is 80.3 Å². The van der Waals surface area contributed by atoms with Crippen LogP contribution < -0.4 is 0 Å². The van der Waals surface area contributed by atoms with E-state index < -0.39 is 5.24 Å². The zero-order chi connectivity index (χ0) is 8.15. The summed E-state index contributed by atoms with van der Waals surface area (Å²) in [6.45, 7) is 5.08. The van der Waals surface area contributed by atoms with E-state index in [-0.39, 0.29) is 5.03 Å². The summed E-state index contributed by atoms with van der Waals surface area (Å²) >= 11 is 11.4. The zero-order valence-electron chi connectivity index (χ0n) is 4.80. The van der Waals surface area contributed by atoms with Gasteiger partial charge < -0.3 is 0 Å². The number of hydrogen-bond acceptors (Lipinski definition) is 1. The van der Waals surface area contributed by atoms with E-state index in [0.717, 1.165) is 19.4 Å². The Balaban J connectivity index is 4.03. The van der Waals surface area contributed by atoms with Gasteiger partial charge in [-0.3, -0.25) is 0 Å². The van der Waals surface area contributed by atoms with Crippen LogP contribution in [0.25, 0.3) is 0 Å². The van der Waals surface area contributed by atoms with Gasteiger partial charge in [0.05, 0.1) is 0 Å². The second kappa shape index (κ2) is 5.01. The second-order valence-corrected chi connectivity index (χ2v) is 3.72. The molecule has 0 amide bonds.